The van der Waals surface area contributed by atoms with E-state index in [1.54, 1.807) is 24.3 Å². The maximum absolute atomic E-state index is 12.3. The molecular weight excluding hydrogens is 248 g/mol. The highest BCUT2D eigenvalue weighted by atomic mass is 32.2. The van der Waals surface area contributed by atoms with Crippen molar-refractivity contribution in [2.24, 2.45) is 5.41 Å². The van der Waals surface area contributed by atoms with E-state index in [0.29, 0.717) is 5.69 Å². The molecule has 0 aromatic heterocycles. The number of nitrogen functional groups attached to an aromatic ring is 1. The molecule has 0 aliphatic heterocycles. The summed E-state index contributed by atoms with van der Waals surface area (Å²) < 4.78 is 27.4. The molecule has 3 N–H and O–H groups in total. The summed E-state index contributed by atoms with van der Waals surface area (Å²) >= 11 is 0. The second-order valence-electron chi connectivity index (χ2n) is 5.59. The summed E-state index contributed by atoms with van der Waals surface area (Å²) in [6.45, 7) is 4.20. The highest BCUT2D eigenvalue weighted by Gasteiger charge is 2.37. The molecule has 2 rings (SSSR count). The average molecular weight is 268 g/mol. The lowest BCUT2D eigenvalue weighted by atomic mass is 9.88. The molecule has 0 amide bonds. The highest BCUT2D eigenvalue weighted by molar-refractivity contribution is 7.89. The van der Waals surface area contributed by atoms with E-state index in [0.717, 1.165) is 19.3 Å². The first-order chi connectivity index (χ1) is 8.33. The van der Waals surface area contributed by atoms with Crippen molar-refractivity contribution < 1.29 is 8.42 Å². The van der Waals surface area contributed by atoms with Crippen LogP contribution >= 0.6 is 0 Å². The van der Waals surface area contributed by atoms with Gasteiger partial charge in [-0.15, -0.1) is 0 Å². The Hall–Kier alpha value is -1.07. The van der Waals surface area contributed by atoms with Crippen LogP contribution in [-0.4, -0.2) is 14.5 Å². The Labute approximate surface area is 109 Å². The molecule has 1 aliphatic carbocycles. The van der Waals surface area contributed by atoms with Crippen molar-refractivity contribution in [1.82, 2.24) is 4.72 Å². The lowest BCUT2D eigenvalue weighted by Gasteiger charge is -2.27. The summed E-state index contributed by atoms with van der Waals surface area (Å²) in [5.74, 6) is 0. The number of benzene rings is 1. The molecule has 1 unspecified atom stereocenters. The van der Waals surface area contributed by atoms with Crippen LogP contribution < -0.4 is 10.5 Å². The largest absolute Gasteiger partial charge is 0.398 e. The molecule has 1 aromatic rings. The molecule has 5 heteroatoms. The van der Waals surface area contributed by atoms with Crippen LogP contribution in [0.15, 0.2) is 29.2 Å². The zero-order valence-corrected chi connectivity index (χ0v) is 11.6. The normalized spacial score (nSPS) is 23.1. The Kier molecular flexibility index (Phi) is 3.38. The average Bonchev–Trinajstić information content (AvgIpc) is 2.58. The van der Waals surface area contributed by atoms with Crippen LogP contribution in [-0.2, 0) is 10.0 Å². The predicted molar refractivity (Wildman–Crippen MR) is 72.6 cm³/mol. The van der Waals surface area contributed by atoms with Crippen LogP contribution in [0.3, 0.4) is 0 Å². The molecule has 1 aromatic carbocycles. The Morgan fingerprint density at radius 1 is 1.33 bits per heavy atom. The highest BCUT2D eigenvalue weighted by Crippen LogP contribution is 2.38. The first-order valence-corrected chi connectivity index (χ1v) is 7.68. The van der Waals surface area contributed by atoms with Crippen molar-refractivity contribution in [1.29, 1.82) is 0 Å². The number of sulfonamides is 1. The molecule has 1 atom stereocenters. The number of rotatable bonds is 3. The van der Waals surface area contributed by atoms with E-state index in [2.05, 4.69) is 18.6 Å². The van der Waals surface area contributed by atoms with Crippen molar-refractivity contribution in [3.63, 3.8) is 0 Å². The topological polar surface area (TPSA) is 72.2 Å². The molecule has 0 bridgehead atoms. The van der Waals surface area contributed by atoms with Crippen molar-refractivity contribution in [2.75, 3.05) is 5.73 Å². The predicted octanol–water partition coefficient (Wildman–Crippen LogP) is 2.13. The summed E-state index contributed by atoms with van der Waals surface area (Å²) in [4.78, 5) is 0.174. The fraction of sp³-hybridized carbons (Fsp3) is 0.538. The van der Waals surface area contributed by atoms with Gasteiger partial charge in [0.15, 0.2) is 0 Å². The third-order valence-corrected chi connectivity index (χ3v) is 5.31. The third-order valence-electron chi connectivity index (χ3n) is 3.76. The number of hydrogen-bond donors (Lipinski definition) is 2. The van der Waals surface area contributed by atoms with E-state index in [9.17, 15) is 8.42 Å². The molecule has 4 nitrogen and oxygen atoms in total. The van der Waals surface area contributed by atoms with Gasteiger partial charge in [-0.25, -0.2) is 13.1 Å². The van der Waals surface area contributed by atoms with Crippen molar-refractivity contribution in [3.05, 3.63) is 24.3 Å². The van der Waals surface area contributed by atoms with E-state index < -0.39 is 10.0 Å². The molecule has 1 saturated carbocycles. The molecule has 0 saturated heterocycles. The van der Waals surface area contributed by atoms with Gasteiger partial charge in [0.25, 0.3) is 0 Å². The molecule has 1 fully saturated rings. The van der Waals surface area contributed by atoms with Crippen LogP contribution in [0.25, 0.3) is 0 Å². The molecule has 0 spiro atoms. The van der Waals surface area contributed by atoms with Gasteiger partial charge in [-0.2, -0.15) is 0 Å². The second-order valence-corrected chi connectivity index (χ2v) is 7.27. The fourth-order valence-corrected chi connectivity index (χ4v) is 4.10. The lowest BCUT2D eigenvalue weighted by Crippen LogP contribution is -2.41. The van der Waals surface area contributed by atoms with E-state index in [1.165, 1.54) is 0 Å². The third kappa shape index (κ3) is 2.52. The molecule has 1 aliphatic rings. The van der Waals surface area contributed by atoms with Gasteiger partial charge in [-0.1, -0.05) is 32.4 Å². The van der Waals surface area contributed by atoms with E-state index in [1.807, 2.05) is 0 Å². The number of nitrogens with two attached hydrogens (primary N) is 1. The molecule has 0 heterocycles. The van der Waals surface area contributed by atoms with Gasteiger partial charge < -0.3 is 5.73 Å². The van der Waals surface area contributed by atoms with Gasteiger partial charge in [-0.05, 0) is 30.4 Å². The van der Waals surface area contributed by atoms with Crippen molar-refractivity contribution in [2.45, 2.75) is 44.0 Å². The van der Waals surface area contributed by atoms with Crippen molar-refractivity contribution >= 4 is 15.7 Å². The van der Waals surface area contributed by atoms with Gasteiger partial charge in [0.05, 0.1) is 5.69 Å². The summed E-state index contributed by atoms with van der Waals surface area (Å²) in [6.07, 6.45) is 2.99. The molecule has 100 valence electrons. The van der Waals surface area contributed by atoms with Crippen LogP contribution in [0, 0.1) is 5.41 Å². The minimum absolute atomic E-state index is 0.0105. The first-order valence-electron chi connectivity index (χ1n) is 6.20. The minimum Gasteiger partial charge on any atom is -0.398 e. The molecule has 18 heavy (non-hydrogen) atoms. The van der Waals surface area contributed by atoms with Crippen molar-refractivity contribution in [3.8, 4) is 0 Å². The first kappa shape index (κ1) is 13.4. The molecular formula is C13H20N2O2S. The zero-order valence-electron chi connectivity index (χ0n) is 10.8. The Morgan fingerprint density at radius 2 is 2.00 bits per heavy atom. The molecule has 0 radical (unpaired) electrons. The summed E-state index contributed by atoms with van der Waals surface area (Å²) in [7, 11) is -3.52. The van der Waals surface area contributed by atoms with Gasteiger partial charge in [0.1, 0.15) is 4.90 Å². The van der Waals surface area contributed by atoms with E-state index in [4.69, 9.17) is 5.73 Å². The fourth-order valence-electron chi connectivity index (χ4n) is 2.52. The van der Waals surface area contributed by atoms with Crippen LogP contribution in [0.5, 0.6) is 0 Å². The standard InChI is InChI=1S/C13H20N2O2S/c1-13(2)9-5-8-12(13)15-18(16,17)11-7-4-3-6-10(11)14/h3-4,6-7,12,15H,5,8-9,14H2,1-2H3. The Bertz CT molecular complexity index is 538. The maximum Gasteiger partial charge on any atom is 0.242 e. The second kappa shape index (κ2) is 4.55. The van der Waals surface area contributed by atoms with Crippen LogP contribution in [0.4, 0.5) is 5.69 Å². The summed E-state index contributed by atoms with van der Waals surface area (Å²) in [5.41, 5.74) is 6.03. The van der Waals surface area contributed by atoms with Gasteiger partial charge in [0.2, 0.25) is 10.0 Å². The van der Waals surface area contributed by atoms with Gasteiger partial charge in [-0.3, -0.25) is 0 Å². The SMILES string of the molecule is CC1(C)CCCC1NS(=O)(=O)c1ccccc1N. The van der Waals surface area contributed by atoms with Gasteiger partial charge >= 0.3 is 0 Å². The smallest absolute Gasteiger partial charge is 0.242 e. The lowest BCUT2D eigenvalue weighted by molar-refractivity contribution is 0.313. The quantitative estimate of drug-likeness (QED) is 0.825. The van der Waals surface area contributed by atoms with E-state index in [-0.39, 0.29) is 16.4 Å². The zero-order chi connectivity index (χ0) is 13.4. The Morgan fingerprint density at radius 3 is 2.56 bits per heavy atom. The number of para-hydroxylation sites is 1. The van der Waals surface area contributed by atoms with Gasteiger partial charge in [0, 0.05) is 6.04 Å². The number of hydrogen-bond acceptors (Lipinski definition) is 3. The van der Waals surface area contributed by atoms with E-state index >= 15 is 0 Å². The monoisotopic (exact) mass is 268 g/mol. The minimum atomic E-state index is -3.52. The van der Waals surface area contributed by atoms with Crippen LogP contribution in [0.1, 0.15) is 33.1 Å². The maximum atomic E-state index is 12.3. The van der Waals surface area contributed by atoms with Crippen LogP contribution in [0.2, 0.25) is 0 Å². The summed E-state index contributed by atoms with van der Waals surface area (Å²) in [6, 6.07) is 6.55. The number of anilines is 1. The number of nitrogens with one attached hydrogen (secondary N) is 1. The Balaban J connectivity index is 2.26. The summed E-state index contributed by atoms with van der Waals surface area (Å²) in [5, 5.41) is 0.